The number of pyridine rings is 1. The Hall–Kier alpha value is -2.76. The lowest BCUT2D eigenvalue weighted by Gasteiger charge is -2.25. The molecule has 1 heterocycles. The van der Waals surface area contributed by atoms with E-state index in [-0.39, 0.29) is 39.5 Å². The molecule has 0 aliphatic heterocycles. The highest BCUT2D eigenvalue weighted by Gasteiger charge is 2.35. The lowest BCUT2D eigenvalue weighted by atomic mass is 9.81. The van der Waals surface area contributed by atoms with Crippen LogP contribution >= 0.6 is 0 Å². The molecule has 144 valence electrons. The van der Waals surface area contributed by atoms with Gasteiger partial charge in [-0.25, -0.2) is 0 Å². The molecule has 0 saturated heterocycles. The Balaban J connectivity index is 2.81. The van der Waals surface area contributed by atoms with E-state index in [0.29, 0.717) is 24.1 Å². The molecule has 0 aromatic carbocycles. The van der Waals surface area contributed by atoms with Crippen LogP contribution in [0, 0.1) is 0 Å². The average molecular weight is 370 g/mol. The zero-order valence-electron chi connectivity index (χ0n) is 16.3. The van der Waals surface area contributed by atoms with Crippen molar-refractivity contribution in [2.75, 3.05) is 0 Å². The molecule has 2 rings (SSSR count). The Morgan fingerprint density at radius 3 is 2.37 bits per heavy atom. The van der Waals surface area contributed by atoms with Crippen molar-refractivity contribution in [1.29, 1.82) is 0 Å². The number of carbonyl (C=O) groups excluding carboxylic acids is 3. The first kappa shape index (κ1) is 20.6. The van der Waals surface area contributed by atoms with Crippen molar-refractivity contribution in [3.05, 3.63) is 56.0 Å². The van der Waals surface area contributed by atoms with Crippen LogP contribution in [-0.2, 0) is 17.8 Å². The highest BCUT2D eigenvalue weighted by molar-refractivity contribution is 6.28. The molecule has 0 spiro atoms. The number of carbonyl (C=O) groups is 3. The number of allylic oxidation sites excluding steroid dienone is 3. The van der Waals surface area contributed by atoms with Gasteiger partial charge in [0.1, 0.15) is 5.69 Å². The molecule has 0 fully saturated rings. The number of ketones is 2. The van der Waals surface area contributed by atoms with Gasteiger partial charge in [0.05, 0.1) is 5.56 Å². The summed E-state index contributed by atoms with van der Waals surface area (Å²) in [4.78, 5) is 50.3. The van der Waals surface area contributed by atoms with Crippen LogP contribution in [0.5, 0.6) is 0 Å². The summed E-state index contributed by atoms with van der Waals surface area (Å²) in [6.07, 6.45) is 4.01. The van der Waals surface area contributed by atoms with Gasteiger partial charge in [0.15, 0.2) is 5.78 Å². The fraction of sp³-hybridized carbons (Fsp3) is 0.429. The molecular formula is C21H26N2O4. The average Bonchev–Trinajstić information content (AvgIpc) is 2.58. The number of Topliss-reactive ketones (excluding diaryl/α,β-unsaturated/α-hetero) is 2. The number of unbranched alkanes of at least 4 members (excludes halogenated alkanes) is 1. The highest BCUT2D eigenvalue weighted by Crippen LogP contribution is 2.32. The zero-order chi connectivity index (χ0) is 20.3. The summed E-state index contributed by atoms with van der Waals surface area (Å²) in [5.41, 5.74) is 6.80. The van der Waals surface area contributed by atoms with Crippen LogP contribution in [0.15, 0.2) is 33.7 Å². The van der Waals surface area contributed by atoms with E-state index in [0.717, 1.165) is 25.3 Å². The smallest absolute Gasteiger partial charge is 0.251 e. The topological polar surface area (TPSA) is 99.2 Å². The number of hydrogen-bond acceptors (Lipinski definition) is 4. The van der Waals surface area contributed by atoms with Gasteiger partial charge >= 0.3 is 0 Å². The lowest BCUT2D eigenvalue weighted by Crippen LogP contribution is -2.34. The zero-order valence-corrected chi connectivity index (χ0v) is 16.3. The third-order valence-electron chi connectivity index (χ3n) is 4.78. The number of rotatable bonds is 7. The minimum absolute atomic E-state index is 0.178. The first-order valence-corrected chi connectivity index (χ1v) is 9.29. The van der Waals surface area contributed by atoms with Crippen LogP contribution in [0.1, 0.15) is 73.4 Å². The largest absolute Gasteiger partial charge is 0.366 e. The predicted octanol–water partition coefficient (Wildman–Crippen LogP) is 2.73. The van der Waals surface area contributed by atoms with Crippen molar-refractivity contribution in [3.8, 4) is 0 Å². The second kappa shape index (κ2) is 8.29. The van der Waals surface area contributed by atoms with Gasteiger partial charge in [0, 0.05) is 29.8 Å². The molecule has 1 amide bonds. The van der Waals surface area contributed by atoms with Gasteiger partial charge in [-0.15, -0.1) is 0 Å². The Morgan fingerprint density at radius 1 is 1.15 bits per heavy atom. The van der Waals surface area contributed by atoms with Crippen LogP contribution in [0.4, 0.5) is 0 Å². The van der Waals surface area contributed by atoms with E-state index in [1.807, 2.05) is 13.8 Å². The highest BCUT2D eigenvalue weighted by atomic mass is 16.2. The SMILES string of the molecule is CCCCn1c2c(c(CCC)cc1=O)C(=O)C(/C(C)=C\C(N)=O)=C(C)C2=O. The molecule has 27 heavy (non-hydrogen) atoms. The van der Waals surface area contributed by atoms with E-state index in [1.54, 1.807) is 13.8 Å². The van der Waals surface area contributed by atoms with Gasteiger partial charge in [-0.3, -0.25) is 19.2 Å². The van der Waals surface area contributed by atoms with Gasteiger partial charge in [0.2, 0.25) is 11.7 Å². The molecule has 6 heteroatoms. The molecule has 1 aromatic heterocycles. The van der Waals surface area contributed by atoms with E-state index >= 15 is 0 Å². The molecule has 0 radical (unpaired) electrons. The Bertz CT molecular complexity index is 932. The fourth-order valence-electron chi connectivity index (χ4n) is 3.54. The van der Waals surface area contributed by atoms with Gasteiger partial charge in [-0.05, 0) is 37.8 Å². The number of aromatic nitrogens is 1. The number of aryl methyl sites for hydroxylation is 1. The molecular weight excluding hydrogens is 344 g/mol. The molecule has 6 nitrogen and oxygen atoms in total. The molecule has 2 N–H and O–H groups in total. The monoisotopic (exact) mass is 370 g/mol. The van der Waals surface area contributed by atoms with Crippen LogP contribution < -0.4 is 11.3 Å². The van der Waals surface area contributed by atoms with Crippen molar-refractivity contribution >= 4 is 17.5 Å². The molecule has 1 aromatic rings. The minimum atomic E-state index is -0.680. The molecule has 0 atom stereocenters. The van der Waals surface area contributed by atoms with Crippen molar-refractivity contribution in [1.82, 2.24) is 4.57 Å². The maximum absolute atomic E-state index is 13.3. The van der Waals surface area contributed by atoms with E-state index < -0.39 is 5.91 Å². The van der Waals surface area contributed by atoms with Crippen LogP contribution in [0.3, 0.4) is 0 Å². The second-order valence-corrected chi connectivity index (χ2v) is 6.87. The number of amides is 1. The summed E-state index contributed by atoms with van der Waals surface area (Å²) in [7, 11) is 0. The number of nitrogens with zero attached hydrogens (tertiary/aromatic N) is 1. The van der Waals surface area contributed by atoms with Crippen LogP contribution in [0.25, 0.3) is 0 Å². The number of fused-ring (bicyclic) bond motifs is 1. The van der Waals surface area contributed by atoms with E-state index in [9.17, 15) is 19.2 Å². The van der Waals surface area contributed by atoms with E-state index in [4.69, 9.17) is 5.73 Å². The van der Waals surface area contributed by atoms with Gasteiger partial charge in [-0.2, -0.15) is 0 Å². The first-order valence-electron chi connectivity index (χ1n) is 9.29. The predicted molar refractivity (Wildman–Crippen MR) is 104 cm³/mol. The third-order valence-corrected chi connectivity index (χ3v) is 4.78. The molecule has 1 aliphatic rings. The molecule has 0 saturated carbocycles. The second-order valence-electron chi connectivity index (χ2n) is 6.87. The summed E-state index contributed by atoms with van der Waals surface area (Å²) in [6.45, 7) is 7.48. The summed E-state index contributed by atoms with van der Waals surface area (Å²) >= 11 is 0. The normalized spacial score (nSPS) is 14.6. The standard InChI is InChI=1S/C21H26N2O4/c1-5-7-9-23-16(25)11-14(8-6-2)18-19(23)20(26)13(4)17(21(18)27)12(3)10-15(22)24/h10-11H,5-9H2,1-4H3,(H2,22,24)/b12-10-. The van der Waals surface area contributed by atoms with Gasteiger partial charge < -0.3 is 10.3 Å². The van der Waals surface area contributed by atoms with Crippen molar-refractivity contribution in [3.63, 3.8) is 0 Å². The lowest BCUT2D eigenvalue weighted by molar-refractivity contribution is -0.113. The van der Waals surface area contributed by atoms with Crippen LogP contribution in [-0.4, -0.2) is 22.0 Å². The number of hydrogen-bond donors (Lipinski definition) is 1. The molecule has 0 bridgehead atoms. The van der Waals surface area contributed by atoms with Gasteiger partial charge in [0.25, 0.3) is 5.56 Å². The molecule has 0 unspecified atom stereocenters. The van der Waals surface area contributed by atoms with Crippen molar-refractivity contribution in [2.24, 2.45) is 5.73 Å². The maximum atomic E-state index is 13.3. The quantitative estimate of drug-likeness (QED) is 0.746. The van der Waals surface area contributed by atoms with Crippen molar-refractivity contribution < 1.29 is 14.4 Å². The summed E-state index contributed by atoms with van der Waals surface area (Å²) < 4.78 is 1.42. The van der Waals surface area contributed by atoms with Crippen LogP contribution in [0.2, 0.25) is 0 Å². The van der Waals surface area contributed by atoms with Gasteiger partial charge in [-0.1, -0.05) is 26.7 Å². The van der Waals surface area contributed by atoms with E-state index in [2.05, 4.69) is 0 Å². The first-order chi connectivity index (χ1) is 12.7. The Kier molecular flexibility index (Phi) is 6.31. The summed E-state index contributed by atoms with van der Waals surface area (Å²) in [5, 5.41) is 0. The Labute approximate surface area is 158 Å². The number of nitrogens with two attached hydrogens (primary N) is 1. The van der Waals surface area contributed by atoms with Crippen molar-refractivity contribution in [2.45, 2.75) is 59.9 Å². The number of primary amides is 1. The minimum Gasteiger partial charge on any atom is -0.366 e. The summed E-state index contributed by atoms with van der Waals surface area (Å²) in [6, 6.07) is 1.47. The summed E-state index contributed by atoms with van der Waals surface area (Å²) in [5.74, 6) is -1.35. The third kappa shape index (κ3) is 3.84. The fourth-order valence-corrected chi connectivity index (χ4v) is 3.54. The van der Waals surface area contributed by atoms with E-state index in [1.165, 1.54) is 10.6 Å². The maximum Gasteiger partial charge on any atom is 0.251 e. The molecule has 1 aliphatic carbocycles. The Morgan fingerprint density at radius 2 is 1.81 bits per heavy atom.